The molecule has 0 bridgehead atoms. The summed E-state index contributed by atoms with van der Waals surface area (Å²) in [7, 11) is 1.63. The molecule has 23 heavy (non-hydrogen) atoms. The number of ether oxygens (including phenoxy) is 2. The highest BCUT2D eigenvalue weighted by Crippen LogP contribution is 2.22. The van der Waals surface area contributed by atoms with Gasteiger partial charge in [-0.25, -0.2) is 0 Å². The van der Waals surface area contributed by atoms with Crippen molar-refractivity contribution in [3.63, 3.8) is 0 Å². The Morgan fingerprint density at radius 3 is 2.61 bits per heavy atom. The first kappa shape index (κ1) is 16.8. The Hall–Kier alpha value is -2.60. The molecule has 6 heteroatoms. The molecule has 0 aliphatic carbocycles. The van der Waals surface area contributed by atoms with Crippen molar-refractivity contribution in [3.8, 4) is 5.75 Å². The lowest BCUT2D eigenvalue weighted by molar-refractivity contribution is -0.143. The number of amides is 1. The van der Waals surface area contributed by atoms with Crippen LogP contribution in [-0.4, -0.2) is 38.7 Å². The molecule has 2 aromatic rings. The fourth-order valence-corrected chi connectivity index (χ4v) is 2.16. The average Bonchev–Trinajstić information content (AvgIpc) is 2.57. The molecule has 0 saturated heterocycles. The smallest absolute Gasteiger partial charge is 0.310 e. The van der Waals surface area contributed by atoms with E-state index in [-0.39, 0.29) is 38.0 Å². The molecule has 2 rings (SSSR count). The summed E-state index contributed by atoms with van der Waals surface area (Å²) in [5.74, 6) is 0.190. The Kier molecular flexibility index (Phi) is 5.94. The second kappa shape index (κ2) is 8.14. The van der Waals surface area contributed by atoms with E-state index in [0.717, 1.165) is 22.1 Å². The van der Waals surface area contributed by atoms with E-state index in [4.69, 9.17) is 15.2 Å². The van der Waals surface area contributed by atoms with Crippen molar-refractivity contribution in [2.75, 3.05) is 26.8 Å². The zero-order valence-electron chi connectivity index (χ0n) is 13.0. The van der Waals surface area contributed by atoms with Gasteiger partial charge in [-0.1, -0.05) is 24.3 Å². The number of rotatable bonds is 7. The minimum Gasteiger partial charge on any atom is -0.497 e. The number of esters is 1. The van der Waals surface area contributed by atoms with Gasteiger partial charge < -0.3 is 20.5 Å². The van der Waals surface area contributed by atoms with Crippen molar-refractivity contribution in [2.45, 2.75) is 6.42 Å². The molecule has 3 N–H and O–H groups in total. The van der Waals surface area contributed by atoms with Crippen molar-refractivity contribution >= 4 is 22.6 Å². The quantitative estimate of drug-likeness (QED) is 0.588. The largest absolute Gasteiger partial charge is 0.497 e. The maximum Gasteiger partial charge on any atom is 0.310 e. The van der Waals surface area contributed by atoms with Gasteiger partial charge >= 0.3 is 5.97 Å². The maximum absolute atomic E-state index is 11.8. The van der Waals surface area contributed by atoms with Crippen LogP contribution >= 0.6 is 0 Å². The minimum atomic E-state index is -0.333. The minimum absolute atomic E-state index is 0.0736. The number of hydrogen-bond donors (Lipinski definition) is 2. The summed E-state index contributed by atoms with van der Waals surface area (Å²) < 4.78 is 10.3. The third-order valence-electron chi connectivity index (χ3n) is 3.33. The van der Waals surface area contributed by atoms with E-state index in [9.17, 15) is 9.59 Å². The fraction of sp³-hybridized carbons (Fsp3) is 0.294. The van der Waals surface area contributed by atoms with E-state index >= 15 is 0 Å². The fourth-order valence-electron chi connectivity index (χ4n) is 2.16. The topological polar surface area (TPSA) is 90.6 Å². The summed E-state index contributed by atoms with van der Waals surface area (Å²) in [6, 6.07) is 11.6. The van der Waals surface area contributed by atoms with Gasteiger partial charge in [0.15, 0.2) is 0 Å². The molecule has 0 aromatic heterocycles. The van der Waals surface area contributed by atoms with Crippen LogP contribution in [0.25, 0.3) is 10.8 Å². The van der Waals surface area contributed by atoms with Crippen LogP contribution in [0.5, 0.6) is 5.75 Å². The zero-order chi connectivity index (χ0) is 16.7. The number of benzene rings is 2. The van der Waals surface area contributed by atoms with E-state index in [0.29, 0.717) is 0 Å². The number of nitrogens with two attached hydrogens (primary N) is 1. The molecule has 0 aliphatic rings. The van der Waals surface area contributed by atoms with Crippen LogP contribution in [0.3, 0.4) is 0 Å². The molecule has 0 radical (unpaired) electrons. The van der Waals surface area contributed by atoms with Gasteiger partial charge in [-0.15, -0.1) is 0 Å². The van der Waals surface area contributed by atoms with Crippen LogP contribution in [0.2, 0.25) is 0 Å². The Morgan fingerprint density at radius 1 is 1.13 bits per heavy atom. The molecule has 0 heterocycles. The van der Waals surface area contributed by atoms with Crippen molar-refractivity contribution < 1.29 is 19.1 Å². The number of carbonyl (C=O) groups is 2. The molecule has 0 unspecified atom stereocenters. The highest BCUT2D eigenvalue weighted by molar-refractivity contribution is 5.85. The summed E-state index contributed by atoms with van der Waals surface area (Å²) in [6.45, 7) is 0.324. The zero-order valence-corrected chi connectivity index (χ0v) is 13.0. The summed E-state index contributed by atoms with van der Waals surface area (Å²) in [5, 5.41) is 4.61. The SMILES string of the molecule is COc1ccc2cc(CC(=O)OCCNC(=O)CN)ccc2c1. The molecule has 0 fully saturated rings. The predicted octanol–water partition coefficient (Wildman–Crippen LogP) is 1.01. The third kappa shape index (κ3) is 4.96. The van der Waals surface area contributed by atoms with Crippen LogP contribution in [0.4, 0.5) is 0 Å². The lowest BCUT2D eigenvalue weighted by Crippen LogP contribution is -2.33. The number of hydrogen-bond acceptors (Lipinski definition) is 5. The van der Waals surface area contributed by atoms with Crippen molar-refractivity contribution in [3.05, 3.63) is 42.0 Å². The molecule has 1 amide bonds. The van der Waals surface area contributed by atoms with Crippen molar-refractivity contribution in [1.82, 2.24) is 5.32 Å². The van der Waals surface area contributed by atoms with Crippen LogP contribution in [0.15, 0.2) is 36.4 Å². The second-order valence-corrected chi connectivity index (χ2v) is 5.00. The molecule has 0 aliphatic heterocycles. The van der Waals surface area contributed by atoms with E-state index < -0.39 is 0 Å². The van der Waals surface area contributed by atoms with Crippen LogP contribution in [0, 0.1) is 0 Å². The van der Waals surface area contributed by atoms with Gasteiger partial charge in [0.05, 0.1) is 26.6 Å². The van der Waals surface area contributed by atoms with Crippen LogP contribution in [-0.2, 0) is 20.7 Å². The number of fused-ring (bicyclic) bond motifs is 1. The highest BCUT2D eigenvalue weighted by Gasteiger charge is 2.06. The summed E-state index contributed by atoms with van der Waals surface area (Å²) in [4.78, 5) is 22.7. The van der Waals surface area contributed by atoms with Crippen LogP contribution in [0.1, 0.15) is 5.56 Å². The van der Waals surface area contributed by atoms with Gasteiger partial charge in [-0.05, 0) is 28.5 Å². The molecule has 0 atom stereocenters. The first-order valence-electron chi connectivity index (χ1n) is 7.31. The van der Waals surface area contributed by atoms with Gasteiger partial charge in [-0.2, -0.15) is 0 Å². The maximum atomic E-state index is 11.8. The molecule has 6 nitrogen and oxygen atoms in total. The summed E-state index contributed by atoms with van der Waals surface area (Å²) in [6.07, 6.45) is 0.187. The van der Waals surface area contributed by atoms with E-state index in [1.165, 1.54) is 0 Å². The number of carbonyl (C=O) groups excluding carboxylic acids is 2. The Labute approximate surface area is 134 Å². The number of nitrogens with one attached hydrogen (secondary N) is 1. The van der Waals surface area contributed by atoms with Crippen molar-refractivity contribution in [1.29, 1.82) is 0 Å². The van der Waals surface area contributed by atoms with Crippen molar-refractivity contribution in [2.24, 2.45) is 5.73 Å². The molecular formula is C17H20N2O4. The summed E-state index contributed by atoms with van der Waals surface area (Å²) >= 11 is 0. The monoisotopic (exact) mass is 316 g/mol. The molecule has 2 aromatic carbocycles. The first-order valence-corrected chi connectivity index (χ1v) is 7.31. The Balaban J connectivity index is 1.88. The van der Waals surface area contributed by atoms with Gasteiger partial charge in [0.2, 0.25) is 5.91 Å². The summed E-state index contributed by atoms with van der Waals surface area (Å²) in [5.41, 5.74) is 6.03. The van der Waals surface area contributed by atoms with E-state index in [1.54, 1.807) is 7.11 Å². The molecule has 122 valence electrons. The average molecular weight is 316 g/mol. The standard InChI is InChI=1S/C17H20N2O4/c1-22-15-5-4-13-8-12(2-3-14(13)10-15)9-17(21)23-7-6-19-16(20)11-18/h2-5,8,10H,6-7,9,11,18H2,1H3,(H,19,20). The van der Waals surface area contributed by atoms with Gasteiger partial charge in [0.25, 0.3) is 0 Å². The Morgan fingerprint density at radius 2 is 1.87 bits per heavy atom. The van der Waals surface area contributed by atoms with Gasteiger partial charge in [0.1, 0.15) is 12.4 Å². The van der Waals surface area contributed by atoms with E-state index in [1.807, 2.05) is 36.4 Å². The second-order valence-electron chi connectivity index (χ2n) is 5.00. The van der Waals surface area contributed by atoms with E-state index in [2.05, 4.69) is 5.32 Å². The Bertz CT molecular complexity index is 700. The van der Waals surface area contributed by atoms with Gasteiger partial charge in [-0.3, -0.25) is 9.59 Å². The number of methoxy groups -OCH3 is 1. The first-order chi connectivity index (χ1) is 11.1. The van der Waals surface area contributed by atoms with Gasteiger partial charge in [0, 0.05) is 0 Å². The highest BCUT2D eigenvalue weighted by atomic mass is 16.5. The normalized spacial score (nSPS) is 10.3. The predicted molar refractivity (Wildman–Crippen MR) is 87.2 cm³/mol. The lowest BCUT2D eigenvalue weighted by Gasteiger charge is -2.07. The third-order valence-corrected chi connectivity index (χ3v) is 3.33. The molecule has 0 saturated carbocycles. The lowest BCUT2D eigenvalue weighted by atomic mass is 10.0. The van der Waals surface area contributed by atoms with Crippen LogP contribution < -0.4 is 15.8 Å². The molecule has 0 spiro atoms. The molecular weight excluding hydrogens is 296 g/mol.